The molecule has 0 saturated carbocycles. The largest absolute Gasteiger partial charge is 0.477 e. The van der Waals surface area contributed by atoms with E-state index in [9.17, 15) is 0 Å². The number of hydrogen-bond acceptors (Lipinski definition) is 2. The van der Waals surface area contributed by atoms with Gasteiger partial charge in [0.1, 0.15) is 0 Å². The SMILES string of the molecule is Cc1cc(OCCCC[NH+]2CCCCC2)nn1-c1ccc(Cl)c(Cl)c1. The summed E-state index contributed by atoms with van der Waals surface area (Å²) in [6.07, 6.45) is 6.46. The molecule has 3 rings (SSSR count). The van der Waals surface area contributed by atoms with E-state index in [1.54, 1.807) is 11.0 Å². The fourth-order valence-electron chi connectivity index (χ4n) is 3.35. The van der Waals surface area contributed by atoms with Gasteiger partial charge in [-0.2, -0.15) is 0 Å². The molecule has 1 saturated heterocycles. The average molecular weight is 383 g/mol. The highest BCUT2D eigenvalue weighted by atomic mass is 35.5. The minimum absolute atomic E-state index is 0.525. The summed E-state index contributed by atoms with van der Waals surface area (Å²) in [4.78, 5) is 1.76. The fourth-order valence-corrected chi connectivity index (χ4v) is 3.64. The minimum atomic E-state index is 0.525. The van der Waals surface area contributed by atoms with Crippen LogP contribution in [0.1, 0.15) is 37.8 Å². The van der Waals surface area contributed by atoms with Gasteiger partial charge in [-0.25, -0.2) is 4.68 Å². The van der Waals surface area contributed by atoms with Crippen LogP contribution in [0.5, 0.6) is 5.88 Å². The van der Waals surface area contributed by atoms with E-state index in [0.29, 0.717) is 22.5 Å². The third-order valence-corrected chi connectivity index (χ3v) is 5.49. The molecule has 0 amide bonds. The number of nitrogens with one attached hydrogen (secondary N) is 1. The Labute approximate surface area is 159 Å². The number of rotatable bonds is 7. The van der Waals surface area contributed by atoms with Gasteiger partial charge in [-0.1, -0.05) is 23.2 Å². The molecular weight excluding hydrogens is 357 g/mol. The zero-order valence-corrected chi connectivity index (χ0v) is 16.2. The van der Waals surface area contributed by atoms with Gasteiger partial charge in [-0.15, -0.1) is 5.10 Å². The van der Waals surface area contributed by atoms with Crippen LogP contribution >= 0.6 is 23.2 Å². The maximum absolute atomic E-state index is 6.10. The molecule has 4 nitrogen and oxygen atoms in total. The first-order valence-corrected chi connectivity index (χ1v) is 9.87. The van der Waals surface area contributed by atoms with Gasteiger partial charge in [0.25, 0.3) is 0 Å². The second-order valence-electron chi connectivity index (χ2n) is 6.75. The van der Waals surface area contributed by atoms with Gasteiger partial charge < -0.3 is 9.64 Å². The molecule has 2 heterocycles. The number of hydrogen-bond donors (Lipinski definition) is 1. The van der Waals surface area contributed by atoms with E-state index in [1.165, 1.54) is 45.3 Å². The van der Waals surface area contributed by atoms with Crippen molar-refractivity contribution in [1.82, 2.24) is 9.78 Å². The molecule has 0 bridgehead atoms. The average Bonchev–Trinajstić information content (AvgIpc) is 2.99. The summed E-state index contributed by atoms with van der Waals surface area (Å²) in [5, 5.41) is 5.59. The molecule has 1 aliphatic rings. The molecule has 1 aliphatic heterocycles. The molecule has 25 heavy (non-hydrogen) atoms. The third-order valence-electron chi connectivity index (χ3n) is 4.75. The van der Waals surface area contributed by atoms with Crippen LogP contribution in [-0.4, -0.2) is 36.0 Å². The lowest BCUT2D eigenvalue weighted by Gasteiger charge is -2.23. The lowest BCUT2D eigenvalue weighted by molar-refractivity contribution is -0.905. The Bertz CT molecular complexity index is 696. The standard InChI is InChI=1S/C19H25Cl2N3O/c1-15-13-19(22-24(15)16-7-8-17(20)18(21)14-16)25-12-6-5-11-23-9-3-2-4-10-23/h7-8,13-14H,2-6,9-12H2,1H3/p+1. The van der Waals surface area contributed by atoms with Gasteiger partial charge in [0.15, 0.2) is 0 Å². The third kappa shape index (κ3) is 5.13. The number of quaternary nitrogens is 1. The summed E-state index contributed by atoms with van der Waals surface area (Å²) in [7, 11) is 0. The van der Waals surface area contributed by atoms with Gasteiger partial charge in [-0.05, 0) is 57.2 Å². The molecule has 1 fully saturated rings. The van der Waals surface area contributed by atoms with E-state index in [0.717, 1.165) is 17.8 Å². The molecule has 0 radical (unpaired) electrons. The Morgan fingerprint density at radius 1 is 1.08 bits per heavy atom. The van der Waals surface area contributed by atoms with E-state index in [4.69, 9.17) is 27.9 Å². The van der Waals surface area contributed by atoms with Crippen LogP contribution < -0.4 is 9.64 Å². The van der Waals surface area contributed by atoms with Crippen molar-refractivity contribution in [3.63, 3.8) is 0 Å². The van der Waals surface area contributed by atoms with Crippen LogP contribution in [0, 0.1) is 6.92 Å². The first-order chi connectivity index (χ1) is 12.1. The number of aryl methyl sites for hydroxylation is 1. The van der Waals surface area contributed by atoms with Crippen molar-refractivity contribution in [3.8, 4) is 11.6 Å². The number of piperidine rings is 1. The smallest absolute Gasteiger partial charge is 0.233 e. The van der Waals surface area contributed by atoms with Crippen molar-refractivity contribution >= 4 is 23.2 Å². The monoisotopic (exact) mass is 382 g/mol. The van der Waals surface area contributed by atoms with Crippen LogP contribution in [0.15, 0.2) is 24.3 Å². The lowest BCUT2D eigenvalue weighted by Crippen LogP contribution is -3.12. The Hall–Kier alpha value is -1.23. The maximum atomic E-state index is 6.10. The molecule has 6 heteroatoms. The van der Waals surface area contributed by atoms with Crippen LogP contribution in [0.4, 0.5) is 0 Å². The van der Waals surface area contributed by atoms with Crippen LogP contribution in [0.25, 0.3) is 5.69 Å². The number of benzene rings is 1. The predicted molar refractivity (Wildman–Crippen MR) is 102 cm³/mol. The highest BCUT2D eigenvalue weighted by Gasteiger charge is 2.13. The number of ether oxygens (including phenoxy) is 1. The topological polar surface area (TPSA) is 31.5 Å². The fraction of sp³-hybridized carbons (Fsp3) is 0.526. The second kappa shape index (κ2) is 8.93. The van der Waals surface area contributed by atoms with Crippen molar-refractivity contribution in [2.24, 2.45) is 0 Å². The van der Waals surface area contributed by atoms with Crippen molar-refractivity contribution in [2.75, 3.05) is 26.2 Å². The van der Waals surface area contributed by atoms with Gasteiger partial charge in [-0.3, -0.25) is 0 Å². The Morgan fingerprint density at radius 3 is 2.64 bits per heavy atom. The minimum Gasteiger partial charge on any atom is -0.477 e. The molecule has 1 aromatic carbocycles. The Balaban J connectivity index is 1.48. The molecule has 0 atom stereocenters. The molecule has 1 N–H and O–H groups in total. The predicted octanol–water partition coefficient (Wildman–Crippen LogP) is 3.72. The van der Waals surface area contributed by atoms with E-state index in [-0.39, 0.29) is 0 Å². The first-order valence-electron chi connectivity index (χ1n) is 9.12. The summed E-state index contributed by atoms with van der Waals surface area (Å²) in [6.45, 7) is 6.66. The van der Waals surface area contributed by atoms with Gasteiger partial charge in [0.2, 0.25) is 5.88 Å². The molecule has 0 aliphatic carbocycles. The first kappa shape index (κ1) is 18.6. The van der Waals surface area contributed by atoms with Crippen LogP contribution in [0.3, 0.4) is 0 Å². The highest BCUT2D eigenvalue weighted by Crippen LogP contribution is 2.25. The summed E-state index contributed by atoms with van der Waals surface area (Å²) >= 11 is 12.1. The molecular formula is C19H26Cl2N3O+. The number of nitrogens with zero attached hydrogens (tertiary/aromatic N) is 2. The van der Waals surface area contributed by atoms with Gasteiger partial charge in [0, 0.05) is 11.8 Å². The van der Waals surface area contributed by atoms with Gasteiger partial charge >= 0.3 is 0 Å². The van der Waals surface area contributed by atoms with Crippen molar-refractivity contribution in [1.29, 1.82) is 0 Å². The molecule has 136 valence electrons. The molecule has 0 spiro atoms. The molecule has 0 unspecified atom stereocenters. The Kier molecular flexibility index (Phi) is 6.63. The van der Waals surface area contributed by atoms with E-state index in [1.807, 2.05) is 29.8 Å². The highest BCUT2D eigenvalue weighted by molar-refractivity contribution is 6.42. The van der Waals surface area contributed by atoms with Crippen LogP contribution in [0.2, 0.25) is 10.0 Å². The summed E-state index contributed by atoms with van der Waals surface area (Å²) in [5.74, 6) is 0.661. The normalized spacial score (nSPS) is 15.5. The van der Waals surface area contributed by atoms with Gasteiger partial charge in [0.05, 0.1) is 42.0 Å². The van der Waals surface area contributed by atoms with E-state index in [2.05, 4.69) is 5.10 Å². The van der Waals surface area contributed by atoms with E-state index >= 15 is 0 Å². The molecule has 2 aromatic rings. The second-order valence-corrected chi connectivity index (χ2v) is 7.56. The lowest BCUT2D eigenvalue weighted by atomic mass is 10.1. The summed E-state index contributed by atoms with van der Waals surface area (Å²) < 4.78 is 7.66. The van der Waals surface area contributed by atoms with Crippen LogP contribution in [-0.2, 0) is 0 Å². The van der Waals surface area contributed by atoms with E-state index < -0.39 is 0 Å². The quantitative estimate of drug-likeness (QED) is 0.739. The zero-order chi connectivity index (χ0) is 17.6. The number of unbranched alkanes of at least 4 members (excludes halogenated alkanes) is 1. The van der Waals surface area contributed by atoms with Crippen molar-refractivity contribution in [2.45, 2.75) is 39.0 Å². The number of aromatic nitrogens is 2. The molecule has 1 aromatic heterocycles. The summed E-state index contributed by atoms with van der Waals surface area (Å²) in [5.41, 5.74) is 1.89. The number of likely N-dealkylation sites (tertiary alicyclic amines) is 1. The summed E-state index contributed by atoms with van der Waals surface area (Å²) in [6, 6.07) is 7.46. The van der Waals surface area contributed by atoms with Crippen molar-refractivity contribution < 1.29 is 9.64 Å². The van der Waals surface area contributed by atoms with Crippen molar-refractivity contribution in [3.05, 3.63) is 40.0 Å². The zero-order valence-electron chi connectivity index (χ0n) is 14.7. The maximum Gasteiger partial charge on any atom is 0.233 e. The Morgan fingerprint density at radius 2 is 1.88 bits per heavy atom. The number of halogens is 2.